The topological polar surface area (TPSA) is 55.4 Å². The van der Waals surface area contributed by atoms with Crippen LogP contribution in [0.15, 0.2) is 63.6 Å². The number of carbonyl (C=O) groups excluding carboxylic acids is 1. The van der Waals surface area contributed by atoms with E-state index in [0.717, 1.165) is 0 Å². The van der Waals surface area contributed by atoms with Crippen molar-refractivity contribution in [2.75, 3.05) is 0 Å². The fourth-order valence-electron chi connectivity index (χ4n) is 2.25. The Morgan fingerprint density at radius 2 is 1.91 bits per heavy atom. The number of nitrogens with one attached hydrogen (secondary N) is 1. The van der Waals surface area contributed by atoms with E-state index in [1.807, 2.05) is 0 Å². The molecule has 5 heteroatoms. The molecule has 0 saturated heterocycles. The molecule has 0 aliphatic rings. The first-order valence-electron chi connectivity index (χ1n) is 7.35. The summed E-state index contributed by atoms with van der Waals surface area (Å²) in [5.74, 6) is 1.46. The van der Waals surface area contributed by atoms with Crippen molar-refractivity contribution in [3.8, 4) is 11.5 Å². The van der Waals surface area contributed by atoms with Crippen molar-refractivity contribution in [3.63, 3.8) is 0 Å². The third kappa shape index (κ3) is 3.88. The first kappa shape index (κ1) is 15.1. The van der Waals surface area contributed by atoms with Crippen molar-refractivity contribution < 1.29 is 18.0 Å². The minimum Gasteiger partial charge on any atom is -0.461 e. The summed E-state index contributed by atoms with van der Waals surface area (Å²) in [5.41, 5.74) is 0.542. The first-order chi connectivity index (χ1) is 11.2. The van der Waals surface area contributed by atoms with Gasteiger partial charge in [0.1, 0.15) is 11.6 Å². The van der Waals surface area contributed by atoms with Crippen LogP contribution in [0.4, 0.5) is 4.39 Å². The van der Waals surface area contributed by atoms with Gasteiger partial charge in [-0.3, -0.25) is 4.79 Å². The molecule has 0 bridgehead atoms. The Kier molecular flexibility index (Phi) is 4.57. The van der Waals surface area contributed by atoms with Gasteiger partial charge in [-0.15, -0.1) is 0 Å². The molecule has 0 radical (unpaired) electrons. The van der Waals surface area contributed by atoms with Crippen LogP contribution in [0.2, 0.25) is 0 Å². The molecular weight excluding hydrogens is 297 g/mol. The number of hydrogen-bond donors (Lipinski definition) is 1. The second kappa shape index (κ2) is 6.96. The van der Waals surface area contributed by atoms with E-state index in [-0.39, 0.29) is 24.7 Å². The van der Waals surface area contributed by atoms with E-state index in [2.05, 4.69) is 5.32 Å². The van der Waals surface area contributed by atoms with Crippen molar-refractivity contribution in [2.45, 2.75) is 19.4 Å². The number of furan rings is 2. The molecule has 0 aliphatic heterocycles. The maximum Gasteiger partial charge on any atom is 0.220 e. The lowest BCUT2D eigenvalue weighted by molar-refractivity contribution is -0.121. The molecule has 0 fully saturated rings. The highest BCUT2D eigenvalue weighted by atomic mass is 19.1. The molecule has 0 spiro atoms. The summed E-state index contributed by atoms with van der Waals surface area (Å²) in [7, 11) is 0. The zero-order valence-corrected chi connectivity index (χ0v) is 12.4. The van der Waals surface area contributed by atoms with Crippen LogP contribution in [0.3, 0.4) is 0 Å². The van der Waals surface area contributed by atoms with E-state index < -0.39 is 0 Å². The number of hydrogen-bond acceptors (Lipinski definition) is 3. The molecule has 118 valence electrons. The smallest absolute Gasteiger partial charge is 0.220 e. The molecule has 0 aliphatic carbocycles. The highest BCUT2D eigenvalue weighted by Gasteiger charge is 2.09. The van der Waals surface area contributed by atoms with Gasteiger partial charge in [0.25, 0.3) is 0 Å². The van der Waals surface area contributed by atoms with E-state index >= 15 is 0 Å². The van der Waals surface area contributed by atoms with Crippen molar-refractivity contribution in [1.82, 2.24) is 5.32 Å². The van der Waals surface area contributed by atoms with E-state index in [1.165, 1.54) is 6.07 Å². The summed E-state index contributed by atoms with van der Waals surface area (Å²) in [6.07, 6.45) is 2.17. The third-order valence-electron chi connectivity index (χ3n) is 3.46. The quantitative estimate of drug-likeness (QED) is 0.750. The average molecular weight is 313 g/mol. The summed E-state index contributed by atoms with van der Waals surface area (Å²) < 4.78 is 24.3. The first-order valence-corrected chi connectivity index (χ1v) is 7.35. The van der Waals surface area contributed by atoms with Gasteiger partial charge in [-0.1, -0.05) is 18.2 Å². The average Bonchev–Trinajstić information content (AvgIpc) is 3.23. The fourth-order valence-corrected chi connectivity index (χ4v) is 2.25. The maximum atomic E-state index is 13.5. The highest BCUT2D eigenvalue weighted by Crippen LogP contribution is 2.22. The van der Waals surface area contributed by atoms with Gasteiger partial charge in [0.2, 0.25) is 5.91 Å². The van der Waals surface area contributed by atoms with Crippen molar-refractivity contribution in [2.24, 2.45) is 0 Å². The van der Waals surface area contributed by atoms with Gasteiger partial charge in [-0.25, -0.2) is 4.39 Å². The van der Waals surface area contributed by atoms with Crippen LogP contribution in [0.25, 0.3) is 11.5 Å². The predicted octanol–water partition coefficient (Wildman–Crippen LogP) is 3.93. The van der Waals surface area contributed by atoms with E-state index in [4.69, 9.17) is 8.83 Å². The Morgan fingerprint density at radius 3 is 2.70 bits per heavy atom. The molecular formula is C18H16FNO3. The van der Waals surface area contributed by atoms with Crippen LogP contribution in [0, 0.1) is 5.82 Å². The summed E-state index contributed by atoms with van der Waals surface area (Å²) in [4.78, 5) is 11.8. The van der Waals surface area contributed by atoms with Crippen LogP contribution in [-0.2, 0) is 17.8 Å². The van der Waals surface area contributed by atoms with Crippen LogP contribution < -0.4 is 5.32 Å². The van der Waals surface area contributed by atoms with Gasteiger partial charge in [-0.05, 0) is 42.3 Å². The molecule has 2 aromatic heterocycles. The second-order valence-corrected chi connectivity index (χ2v) is 5.11. The second-order valence-electron chi connectivity index (χ2n) is 5.11. The van der Waals surface area contributed by atoms with E-state index in [9.17, 15) is 9.18 Å². The van der Waals surface area contributed by atoms with Crippen LogP contribution in [0.5, 0.6) is 0 Å². The molecule has 1 N–H and O–H groups in total. The monoisotopic (exact) mass is 313 g/mol. The normalized spacial score (nSPS) is 10.7. The maximum absolute atomic E-state index is 13.5. The molecule has 3 aromatic rings. The van der Waals surface area contributed by atoms with Crippen LogP contribution in [-0.4, -0.2) is 5.91 Å². The fraction of sp³-hybridized carbons (Fsp3) is 0.167. The van der Waals surface area contributed by atoms with Crippen molar-refractivity contribution >= 4 is 5.91 Å². The van der Waals surface area contributed by atoms with Gasteiger partial charge >= 0.3 is 0 Å². The molecule has 1 aromatic carbocycles. The zero-order chi connectivity index (χ0) is 16.1. The lowest BCUT2D eigenvalue weighted by atomic mass is 10.1. The van der Waals surface area contributed by atoms with E-state index in [1.54, 1.807) is 48.7 Å². The van der Waals surface area contributed by atoms with E-state index in [0.29, 0.717) is 29.3 Å². The minimum absolute atomic E-state index is 0.149. The molecule has 0 saturated carbocycles. The molecule has 0 atom stereocenters. The number of rotatable bonds is 6. The standard InChI is InChI=1S/C18H16FNO3/c19-15-5-2-1-4-13(15)7-10-18(21)20-12-14-8-9-17(23-14)16-6-3-11-22-16/h1-6,8-9,11H,7,10,12H2,(H,20,21). The number of benzene rings is 1. The Morgan fingerprint density at radius 1 is 1.04 bits per heavy atom. The number of carbonyl (C=O) groups is 1. The molecule has 2 heterocycles. The van der Waals surface area contributed by atoms with Crippen LogP contribution >= 0.6 is 0 Å². The summed E-state index contributed by atoms with van der Waals surface area (Å²) >= 11 is 0. The Bertz CT molecular complexity index is 777. The Balaban J connectivity index is 1.49. The van der Waals surface area contributed by atoms with Gasteiger partial charge < -0.3 is 14.2 Å². The van der Waals surface area contributed by atoms with Crippen LogP contribution in [0.1, 0.15) is 17.7 Å². The lowest BCUT2D eigenvalue weighted by Crippen LogP contribution is -2.22. The summed E-state index contributed by atoms with van der Waals surface area (Å²) in [6.45, 7) is 0.289. The SMILES string of the molecule is O=C(CCc1ccccc1F)NCc1ccc(-c2ccco2)o1. The Labute approximate surface area is 132 Å². The number of halogens is 1. The Hall–Kier alpha value is -2.82. The molecule has 0 unspecified atom stereocenters. The molecule has 23 heavy (non-hydrogen) atoms. The minimum atomic E-state index is -0.283. The number of aryl methyl sites for hydroxylation is 1. The molecule has 4 nitrogen and oxygen atoms in total. The van der Waals surface area contributed by atoms with Crippen molar-refractivity contribution in [1.29, 1.82) is 0 Å². The zero-order valence-electron chi connectivity index (χ0n) is 12.4. The molecule has 3 rings (SSSR count). The lowest BCUT2D eigenvalue weighted by Gasteiger charge is -2.04. The summed E-state index contributed by atoms with van der Waals surface area (Å²) in [5, 5.41) is 2.76. The van der Waals surface area contributed by atoms with Gasteiger partial charge in [0.05, 0.1) is 12.8 Å². The summed E-state index contributed by atoms with van der Waals surface area (Å²) in [6, 6.07) is 13.6. The van der Waals surface area contributed by atoms with Gasteiger partial charge in [0, 0.05) is 6.42 Å². The number of amides is 1. The van der Waals surface area contributed by atoms with Gasteiger partial charge in [0.15, 0.2) is 11.5 Å². The highest BCUT2D eigenvalue weighted by molar-refractivity contribution is 5.76. The molecule has 1 amide bonds. The third-order valence-corrected chi connectivity index (χ3v) is 3.46. The largest absolute Gasteiger partial charge is 0.461 e. The predicted molar refractivity (Wildman–Crippen MR) is 83.0 cm³/mol. The van der Waals surface area contributed by atoms with Crippen molar-refractivity contribution in [3.05, 3.63) is 71.9 Å². The van der Waals surface area contributed by atoms with Gasteiger partial charge in [-0.2, -0.15) is 0 Å².